The molecule has 0 saturated heterocycles. The minimum absolute atomic E-state index is 0.0431. The highest BCUT2D eigenvalue weighted by molar-refractivity contribution is 5.89. The fourth-order valence-electron chi connectivity index (χ4n) is 4.27. The zero-order chi connectivity index (χ0) is 24.8. The summed E-state index contributed by atoms with van der Waals surface area (Å²) in [4.78, 5) is 43.7. The first-order valence-corrected chi connectivity index (χ1v) is 11.2. The highest BCUT2D eigenvalue weighted by atomic mass is 16.5. The minimum Gasteiger partial charge on any atom is -0.480 e. The highest BCUT2D eigenvalue weighted by Crippen LogP contribution is 2.44. The van der Waals surface area contributed by atoms with Gasteiger partial charge in [0.15, 0.2) is 0 Å². The molecule has 10 heteroatoms. The van der Waals surface area contributed by atoms with Crippen LogP contribution in [0.4, 0.5) is 4.79 Å². The predicted octanol–water partition coefficient (Wildman–Crippen LogP) is 1.81. The van der Waals surface area contributed by atoms with Gasteiger partial charge in [-0.05, 0) is 22.3 Å². The van der Waals surface area contributed by atoms with Crippen LogP contribution in [0.25, 0.3) is 11.1 Å². The molecule has 4 rings (SSSR count). The van der Waals surface area contributed by atoms with Gasteiger partial charge in [0, 0.05) is 37.3 Å². The molecule has 0 aliphatic heterocycles. The van der Waals surface area contributed by atoms with Gasteiger partial charge in [0.05, 0.1) is 6.33 Å². The largest absolute Gasteiger partial charge is 0.480 e. The Kier molecular flexibility index (Phi) is 7.41. The number of aliphatic hydroxyl groups is 1. The number of aromatic amines is 1. The number of carbonyl (C=O) groups is 3. The number of H-pyrrole nitrogens is 1. The molecule has 0 saturated carbocycles. The van der Waals surface area contributed by atoms with E-state index in [1.807, 2.05) is 48.5 Å². The summed E-state index contributed by atoms with van der Waals surface area (Å²) >= 11 is 0. The third-order valence-electron chi connectivity index (χ3n) is 5.96. The molecule has 1 heterocycles. The van der Waals surface area contributed by atoms with Crippen molar-refractivity contribution in [1.82, 2.24) is 20.6 Å². The third-order valence-corrected chi connectivity index (χ3v) is 5.96. The molecular weight excluding hydrogens is 452 g/mol. The van der Waals surface area contributed by atoms with Gasteiger partial charge >= 0.3 is 12.1 Å². The summed E-state index contributed by atoms with van der Waals surface area (Å²) < 4.78 is 5.53. The molecule has 1 aliphatic rings. The van der Waals surface area contributed by atoms with E-state index >= 15 is 0 Å². The molecular formula is C25H26N4O6. The van der Waals surface area contributed by atoms with Crippen molar-refractivity contribution in [3.63, 3.8) is 0 Å². The number of rotatable bonds is 10. The summed E-state index contributed by atoms with van der Waals surface area (Å²) in [5.41, 5.74) is 4.87. The zero-order valence-electron chi connectivity index (χ0n) is 18.8. The van der Waals surface area contributed by atoms with Crippen molar-refractivity contribution in [3.8, 4) is 11.1 Å². The second kappa shape index (κ2) is 10.8. The Morgan fingerprint density at radius 2 is 1.66 bits per heavy atom. The van der Waals surface area contributed by atoms with Crippen LogP contribution in [0.3, 0.4) is 0 Å². The molecule has 182 valence electrons. The van der Waals surface area contributed by atoms with Gasteiger partial charge in [0.1, 0.15) is 18.7 Å². The first kappa shape index (κ1) is 24.0. The smallest absolute Gasteiger partial charge is 0.407 e. The van der Waals surface area contributed by atoms with E-state index in [1.165, 1.54) is 12.5 Å². The summed E-state index contributed by atoms with van der Waals surface area (Å²) in [6.07, 6.45) is 2.01. The predicted molar refractivity (Wildman–Crippen MR) is 126 cm³/mol. The second-order valence-corrected chi connectivity index (χ2v) is 8.22. The summed E-state index contributed by atoms with van der Waals surface area (Å²) in [6, 6.07) is 13.5. The van der Waals surface area contributed by atoms with Gasteiger partial charge in [0.2, 0.25) is 5.91 Å². The minimum atomic E-state index is -1.29. The number of hydrogen-bond acceptors (Lipinski definition) is 6. The number of carboxylic acids is 1. The molecule has 1 aromatic heterocycles. The summed E-state index contributed by atoms with van der Waals surface area (Å²) in [5.74, 6) is -2.14. The Morgan fingerprint density at radius 1 is 1.00 bits per heavy atom. The topological polar surface area (TPSA) is 154 Å². The van der Waals surface area contributed by atoms with Gasteiger partial charge in [-0.2, -0.15) is 0 Å². The second-order valence-electron chi connectivity index (χ2n) is 8.22. The number of carbonyl (C=O) groups excluding carboxylic acids is 2. The third kappa shape index (κ3) is 5.49. The Hall–Kier alpha value is -4.18. The number of aromatic nitrogens is 2. The fraction of sp³-hybridized carbons (Fsp3) is 0.280. The molecule has 1 aliphatic carbocycles. The summed E-state index contributed by atoms with van der Waals surface area (Å²) in [5, 5.41) is 23.3. The van der Waals surface area contributed by atoms with Crippen LogP contribution in [0.15, 0.2) is 61.1 Å². The monoisotopic (exact) mass is 478 g/mol. The number of alkyl carbamates (subject to hydrolysis) is 1. The number of hydrogen-bond donors (Lipinski definition) is 5. The van der Waals surface area contributed by atoms with Crippen molar-refractivity contribution in [2.45, 2.75) is 30.8 Å². The van der Waals surface area contributed by atoms with Crippen LogP contribution in [-0.4, -0.2) is 63.4 Å². The number of nitrogens with zero attached hydrogens (tertiary/aromatic N) is 1. The molecule has 3 aromatic rings. The molecule has 0 bridgehead atoms. The van der Waals surface area contributed by atoms with Crippen molar-refractivity contribution in [2.75, 3.05) is 13.2 Å². The molecule has 1 unspecified atom stereocenters. The van der Waals surface area contributed by atoms with E-state index in [2.05, 4.69) is 20.6 Å². The van der Waals surface area contributed by atoms with E-state index in [0.29, 0.717) is 5.69 Å². The molecule has 2 aromatic carbocycles. The van der Waals surface area contributed by atoms with Gasteiger partial charge in [0.25, 0.3) is 0 Å². The van der Waals surface area contributed by atoms with Gasteiger partial charge in [-0.1, -0.05) is 48.5 Å². The molecule has 10 nitrogen and oxygen atoms in total. The zero-order valence-corrected chi connectivity index (χ0v) is 18.8. The number of fused-ring (bicyclic) bond motifs is 3. The average Bonchev–Trinajstić information content (AvgIpc) is 3.48. The SMILES string of the molecule is O=C(N[C@@H](Cc1cnc[nH]1)C(=O)NC(CCO)C(=O)O)OCC1c2ccccc2-c2ccccc21. The van der Waals surface area contributed by atoms with E-state index in [-0.39, 0.29) is 25.4 Å². The summed E-state index contributed by atoms with van der Waals surface area (Å²) in [7, 11) is 0. The number of carboxylic acid groups (broad SMARTS) is 1. The Labute approximate surface area is 201 Å². The maximum atomic E-state index is 12.8. The van der Waals surface area contributed by atoms with E-state index in [0.717, 1.165) is 22.3 Å². The van der Waals surface area contributed by atoms with Crippen LogP contribution in [-0.2, 0) is 20.7 Å². The molecule has 0 radical (unpaired) electrons. The number of aliphatic carboxylic acids is 1. The van der Waals surface area contributed by atoms with Crippen LogP contribution in [0, 0.1) is 0 Å². The number of amides is 2. The van der Waals surface area contributed by atoms with Crippen LogP contribution >= 0.6 is 0 Å². The number of nitrogens with one attached hydrogen (secondary N) is 3. The lowest BCUT2D eigenvalue weighted by atomic mass is 9.98. The van der Waals surface area contributed by atoms with Crippen molar-refractivity contribution in [1.29, 1.82) is 0 Å². The standard InChI is InChI=1S/C25H26N4O6/c30-10-9-21(24(32)33)28-23(31)22(11-15-12-26-14-27-15)29-25(34)35-13-20-18-7-3-1-5-16(18)17-6-2-4-8-19(17)20/h1-8,12,14,20-22,30H,9-11,13H2,(H,26,27)(H,28,31)(H,29,34)(H,32,33)/t21?,22-/m0/s1. The normalized spacial score (nSPS) is 13.9. The maximum Gasteiger partial charge on any atom is 0.407 e. The average molecular weight is 479 g/mol. The molecule has 2 atom stereocenters. The first-order valence-electron chi connectivity index (χ1n) is 11.2. The van der Waals surface area contributed by atoms with Gasteiger partial charge < -0.3 is 30.6 Å². The molecule has 0 fully saturated rings. The van der Waals surface area contributed by atoms with Crippen LogP contribution in [0.5, 0.6) is 0 Å². The Morgan fingerprint density at radius 3 is 2.23 bits per heavy atom. The first-order chi connectivity index (χ1) is 17.0. The van der Waals surface area contributed by atoms with Gasteiger partial charge in [-0.25, -0.2) is 14.6 Å². The fourth-order valence-corrected chi connectivity index (χ4v) is 4.27. The van der Waals surface area contributed by atoms with E-state index < -0.39 is 36.7 Å². The lowest BCUT2D eigenvalue weighted by Gasteiger charge is -2.21. The lowest BCUT2D eigenvalue weighted by Crippen LogP contribution is -2.52. The summed E-state index contributed by atoms with van der Waals surface area (Å²) in [6.45, 7) is -0.344. The molecule has 5 N–H and O–H groups in total. The molecule has 35 heavy (non-hydrogen) atoms. The number of aliphatic hydroxyl groups excluding tert-OH is 1. The van der Waals surface area contributed by atoms with Crippen LogP contribution < -0.4 is 10.6 Å². The van der Waals surface area contributed by atoms with Crippen LogP contribution in [0.1, 0.15) is 29.2 Å². The lowest BCUT2D eigenvalue weighted by molar-refractivity contribution is -0.142. The van der Waals surface area contributed by atoms with Crippen molar-refractivity contribution in [3.05, 3.63) is 77.9 Å². The molecule has 0 spiro atoms. The highest BCUT2D eigenvalue weighted by Gasteiger charge is 2.31. The number of ether oxygens (including phenoxy) is 1. The van der Waals surface area contributed by atoms with E-state index in [9.17, 15) is 19.5 Å². The molecule has 2 amide bonds. The van der Waals surface area contributed by atoms with Crippen LogP contribution in [0.2, 0.25) is 0 Å². The Balaban J connectivity index is 1.44. The number of benzene rings is 2. The van der Waals surface area contributed by atoms with E-state index in [4.69, 9.17) is 9.84 Å². The quantitative estimate of drug-likeness (QED) is 0.298. The van der Waals surface area contributed by atoms with Crippen molar-refractivity contribution < 1.29 is 29.3 Å². The Bertz CT molecular complexity index is 1150. The van der Waals surface area contributed by atoms with E-state index in [1.54, 1.807) is 0 Å². The number of imidazole rings is 1. The maximum absolute atomic E-state index is 12.8. The van der Waals surface area contributed by atoms with Gasteiger partial charge in [-0.15, -0.1) is 0 Å². The van der Waals surface area contributed by atoms with Crippen molar-refractivity contribution in [2.24, 2.45) is 0 Å². The van der Waals surface area contributed by atoms with Gasteiger partial charge in [-0.3, -0.25) is 4.79 Å². The van der Waals surface area contributed by atoms with Crippen molar-refractivity contribution >= 4 is 18.0 Å².